The standard InChI is InChI=1S/C23H21ClN2S/c1-16(25)18-8-12-21(13-9-18)27-23-14-19-4-2-3-5-22(19)26(23)15-17-6-10-20(24)11-7-17/h2-14,16H,15,25H2,1H3/t16-/m0/s1. The van der Waals surface area contributed by atoms with E-state index in [9.17, 15) is 0 Å². The molecular weight excluding hydrogens is 372 g/mol. The third-order valence-electron chi connectivity index (χ3n) is 4.65. The first-order chi connectivity index (χ1) is 13.1. The lowest BCUT2D eigenvalue weighted by atomic mass is 10.1. The molecule has 2 nitrogen and oxygen atoms in total. The second-order valence-corrected chi connectivity index (χ2v) is 8.24. The number of benzene rings is 3. The molecule has 4 rings (SSSR count). The van der Waals surface area contributed by atoms with Crippen molar-refractivity contribution in [2.45, 2.75) is 29.4 Å². The molecule has 0 saturated carbocycles. The van der Waals surface area contributed by atoms with E-state index in [0.717, 1.165) is 17.1 Å². The molecule has 136 valence electrons. The van der Waals surface area contributed by atoms with Gasteiger partial charge in [-0.05, 0) is 54.4 Å². The molecule has 3 aromatic carbocycles. The molecule has 0 unspecified atom stereocenters. The maximum absolute atomic E-state index is 6.04. The van der Waals surface area contributed by atoms with Crippen LogP contribution in [0.5, 0.6) is 0 Å². The molecule has 1 aromatic heterocycles. The Kier molecular flexibility index (Phi) is 5.26. The van der Waals surface area contributed by atoms with Crippen LogP contribution in [-0.2, 0) is 6.54 Å². The van der Waals surface area contributed by atoms with Gasteiger partial charge in [-0.15, -0.1) is 0 Å². The largest absolute Gasteiger partial charge is 0.331 e. The third-order valence-corrected chi connectivity index (χ3v) is 5.96. The van der Waals surface area contributed by atoms with E-state index >= 15 is 0 Å². The van der Waals surface area contributed by atoms with E-state index < -0.39 is 0 Å². The highest BCUT2D eigenvalue weighted by molar-refractivity contribution is 7.99. The van der Waals surface area contributed by atoms with Gasteiger partial charge in [0.25, 0.3) is 0 Å². The monoisotopic (exact) mass is 392 g/mol. The number of aromatic nitrogens is 1. The van der Waals surface area contributed by atoms with E-state index in [0.29, 0.717) is 0 Å². The smallest absolute Gasteiger partial charge is 0.0810 e. The number of halogens is 1. The molecule has 0 aliphatic rings. The lowest BCUT2D eigenvalue weighted by Gasteiger charge is -2.12. The van der Waals surface area contributed by atoms with Crippen LogP contribution >= 0.6 is 23.4 Å². The van der Waals surface area contributed by atoms with E-state index in [1.165, 1.54) is 26.4 Å². The Morgan fingerprint density at radius 1 is 0.963 bits per heavy atom. The quantitative estimate of drug-likeness (QED) is 0.419. The summed E-state index contributed by atoms with van der Waals surface area (Å²) in [6, 6.07) is 27.4. The number of nitrogens with zero attached hydrogens (tertiary/aromatic N) is 1. The Morgan fingerprint density at radius 2 is 1.67 bits per heavy atom. The number of nitrogens with two attached hydrogens (primary N) is 1. The first-order valence-corrected chi connectivity index (χ1v) is 10.2. The molecule has 1 heterocycles. The summed E-state index contributed by atoms with van der Waals surface area (Å²) >= 11 is 7.82. The molecule has 4 heteroatoms. The van der Waals surface area contributed by atoms with E-state index in [-0.39, 0.29) is 6.04 Å². The average Bonchev–Trinajstić information content (AvgIpc) is 3.01. The fourth-order valence-electron chi connectivity index (χ4n) is 3.17. The molecule has 1 atom stereocenters. The van der Waals surface area contributed by atoms with Crippen LogP contribution in [0.25, 0.3) is 10.9 Å². The number of rotatable bonds is 5. The van der Waals surface area contributed by atoms with Crippen molar-refractivity contribution >= 4 is 34.3 Å². The summed E-state index contributed by atoms with van der Waals surface area (Å²) < 4.78 is 2.36. The predicted molar refractivity (Wildman–Crippen MR) is 116 cm³/mol. The van der Waals surface area contributed by atoms with Crippen molar-refractivity contribution in [2.24, 2.45) is 5.73 Å². The molecule has 0 aliphatic carbocycles. The van der Waals surface area contributed by atoms with Crippen LogP contribution < -0.4 is 5.73 Å². The van der Waals surface area contributed by atoms with E-state index in [2.05, 4.69) is 71.3 Å². The van der Waals surface area contributed by atoms with Gasteiger partial charge < -0.3 is 10.3 Å². The topological polar surface area (TPSA) is 30.9 Å². The highest BCUT2D eigenvalue weighted by Crippen LogP contribution is 2.34. The van der Waals surface area contributed by atoms with E-state index in [1.54, 1.807) is 11.8 Å². The molecule has 0 aliphatic heterocycles. The van der Waals surface area contributed by atoms with E-state index in [4.69, 9.17) is 17.3 Å². The van der Waals surface area contributed by atoms with Crippen molar-refractivity contribution < 1.29 is 0 Å². The lowest BCUT2D eigenvalue weighted by molar-refractivity contribution is 0.761. The molecule has 0 bridgehead atoms. The fourth-order valence-corrected chi connectivity index (χ4v) is 4.26. The van der Waals surface area contributed by atoms with Crippen LogP contribution in [0.2, 0.25) is 5.02 Å². The Labute approximate surface area is 169 Å². The molecule has 27 heavy (non-hydrogen) atoms. The summed E-state index contributed by atoms with van der Waals surface area (Å²) in [6.45, 7) is 2.82. The van der Waals surface area contributed by atoms with Crippen molar-refractivity contribution in [3.63, 3.8) is 0 Å². The maximum Gasteiger partial charge on any atom is 0.0810 e. The number of para-hydroxylation sites is 1. The summed E-state index contributed by atoms with van der Waals surface area (Å²) in [5.74, 6) is 0. The normalized spacial score (nSPS) is 12.4. The molecule has 0 spiro atoms. The molecule has 0 amide bonds. The molecule has 0 saturated heterocycles. The van der Waals surface area contributed by atoms with Crippen LogP contribution in [0, 0.1) is 0 Å². The number of hydrogen-bond donors (Lipinski definition) is 1. The zero-order chi connectivity index (χ0) is 18.8. The zero-order valence-corrected chi connectivity index (χ0v) is 16.7. The maximum atomic E-state index is 6.04. The minimum absolute atomic E-state index is 0.0559. The van der Waals surface area contributed by atoms with Crippen molar-refractivity contribution in [1.29, 1.82) is 0 Å². The van der Waals surface area contributed by atoms with Crippen LogP contribution in [0.15, 0.2) is 88.8 Å². The van der Waals surface area contributed by atoms with Gasteiger partial charge in [0.15, 0.2) is 0 Å². The van der Waals surface area contributed by atoms with Crippen LogP contribution in [0.1, 0.15) is 24.1 Å². The predicted octanol–water partition coefficient (Wildman–Crippen LogP) is 6.51. The minimum Gasteiger partial charge on any atom is -0.331 e. The van der Waals surface area contributed by atoms with Crippen molar-refractivity contribution in [1.82, 2.24) is 4.57 Å². The second kappa shape index (κ2) is 7.81. The highest BCUT2D eigenvalue weighted by atomic mass is 35.5. The molecule has 0 fully saturated rings. The van der Waals surface area contributed by atoms with Gasteiger partial charge in [-0.25, -0.2) is 0 Å². The SMILES string of the molecule is C[C@H](N)c1ccc(Sc2cc3ccccc3n2Cc2ccc(Cl)cc2)cc1. The van der Waals surface area contributed by atoms with Gasteiger partial charge >= 0.3 is 0 Å². The zero-order valence-electron chi connectivity index (χ0n) is 15.1. The summed E-state index contributed by atoms with van der Waals surface area (Å²) in [4.78, 5) is 1.21. The average molecular weight is 393 g/mol. The Balaban J connectivity index is 1.70. The van der Waals surface area contributed by atoms with Gasteiger partial charge in [0.1, 0.15) is 0 Å². The summed E-state index contributed by atoms with van der Waals surface area (Å²) in [5.41, 5.74) is 9.59. The van der Waals surface area contributed by atoms with Gasteiger partial charge in [-0.1, -0.05) is 65.8 Å². The second-order valence-electron chi connectivity index (χ2n) is 6.71. The van der Waals surface area contributed by atoms with Crippen molar-refractivity contribution in [3.8, 4) is 0 Å². The van der Waals surface area contributed by atoms with Gasteiger partial charge in [0.2, 0.25) is 0 Å². The van der Waals surface area contributed by atoms with Crippen LogP contribution in [0.3, 0.4) is 0 Å². The minimum atomic E-state index is 0.0559. The van der Waals surface area contributed by atoms with Gasteiger partial charge in [-0.2, -0.15) is 0 Å². The lowest BCUT2D eigenvalue weighted by Crippen LogP contribution is -2.04. The van der Waals surface area contributed by atoms with Gasteiger partial charge in [-0.3, -0.25) is 0 Å². The van der Waals surface area contributed by atoms with E-state index in [1.807, 2.05) is 19.1 Å². The highest BCUT2D eigenvalue weighted by Gasteiger charge is 2.11. The first kappa shape index (κ1) is 18.2. The Morgan fingerprint density at radius 3 is 2.37 bits per heavy atom. The molecule has 2 N–H and O–H groups in total. The number of fused-ring (bicyclic) bond motifs is 1. The third kappa shape index (κ3) is 4.06. The summed E-state index contributed by atoms with van der Waals surface area (Å²) in [7, 11) is 0. The molecule has 0 radical (unpaired) electrons. The fraction of sp³-hybridized carbons (Fsp3) is 0.130. The van der Waals surface area contributed by atoms with Crippen molar-refractivity contribution in [3.05, 3.63) is 95.0 Å². The summed E-state index contributed by atoms with van der Waals surface area (Å²) in [6.07, 6.45) is 0. The first-order valence-electron chi connectivity index (χ1n) is 8.96. The van der Waals surface area contributed by atoms with Crippen molar-refractivity contribution in [2.75, 3.05) is 0 Å². The summed E-state index contributed by atoms with van der Waals surface area (Å²) in [5, 5.41) is 3.24. The number of hydrogen-bond acceptors (Lipinski definition) is 2. The molecular formula is C23H21ClN2S. The molecule has 4 aromatic rings. The van der Waals surface area contributed by atoms with Gasteiger partial charge in [0.05, 0.1) is 5.03 Å². The van der Waals surface area contributed by atoms with Gasteiger partial charge in [0, 0.05) is 33.4 Å². The van der Waals surface area contributed by atoms with Crippen LogP contribution in [-0.4, -0.2) is 4.57 Å². The van der Waals surface area contributed by atoms with Crippen LogP contribution in [0.4, 0.5) is 0 Å². The Bertz CT molecular complexity index is 1050. The Hall–Kier alpha value is -2.20.